The minimum Gasteiger partial charge on any atom is -0.316 e. The first-order valence-electron chi connectivity index (χ1n) is 2.59. The number of hydrogen-bond acceptors (Lipinski definition) is 3. The summed E-state index contributed by atoms with van der Waals surface area (Å²) < 4.78 is 4.78. The lowest BCUT2D eigenvalue weighted by Crippen LogP contribution is -2.16. The van der Waals surface area contributed by atoms with E-state index in [1.54, 1.807) is 0 Å². The Morgan fingerprint density at radius 3 is 2.67 bits per heavy atom. The summed E-state index contributed by atoms with van der Waals surface area (Å²) in [5, 5.41) is 10.0. The SMILES string of the molecule is O=[N+]([O-])C1CC(Br)CO1. The molecule has 1 rings (SSSR count). The molecule has 0 aliphatic carbocycles. The Labute approximate surface area is 60.5 Å². The van der Waals surface area contributed by atoms with Gasteiger partial charge in [0.1, 0.15) is 0 Å². The predicted molar refractivity (Wildman–Crippen MR) is 34.1 cm³/mol. The molecular weight excluding hydrogens is 190 g/mol. The van der Waals surface area contributed by atoms with E-state index < -0.39 is 11.2 Å². The molecule has 0 aromatic carbocycles. The molecule has 0 saturated carbocycles. The lowest BCUT2D eigenvalue weighted by atomic mass is 10.3. The van der Waals surface area contributed by atoms with Crippen molar-refractivity contribution in [3.63, 3.8) is 0 Å². The maximum atomic E-state index is 10.0. The highest BCUT2D eigenvalue weighted by atomic mass is 79.9. The molecule has 0 aromatic heterocycles. The topological polar surface area (TPSA) is 52.4 Å². The standard InChI is InChI=1S/C4H6BrNO3/c5-3-1-4(6(7)8)9-2-3/h3-4H,1-2H2. The summed E-state index contributed by atoms with van der Waals surface area (Å²) in [6, 6.07) is 0. The van der Waals surface area contributed by atoms with E-state index in [1.807, 2.05) is 0 Å². The summed E-state index contributed by atoms with van der Waals surface area (Å²) in [4.78, 5) is 9.77. The molecule has 0 aromatic rings. The van der Waals surface area contributed by atoms with Crippen molar-refractivity contribution in [3.05, 3.63) is 10.1 Å². The zero-order chi connectivity index (χ0) is 6.85. The van der Waals surface area contributed by atoms with E-state index in [0.29, 0.717) is 13.0 Å². The van der Waals surface area contributed by atoms with Crippen LogP contribution in [0.5, 0.6) is 0 Å². The van der Waals surface area contributed by atoms with E-state index in [-0.39, 0.29) is 4.83 Å². The Balaban J connectivity index is 2.39. The molecule has 5 heteroatoms. The first kappa shape index (κ1) is 6.95. The molecule has 2 unspecified atom stereocenters. The van der Waals surface area contributed by atoms with Gasteiger partial charge in [0.2, 0.25) is 0 Å². The zero-order valence-electron chi connectivity index (χ0n) is 4.62. The van der Waals surface area contributed by atoms with Crippen LogP contribution < -0.4 is 0 Å². The minimum atomic E-state index is -0.783. The summed E-state index contributed by atoms with van der Waals surface area (Å²) in [5.41, 5.74) is 0. The van der Waals surface area contributed by atoms with Gasteiger partial charge in [0, 0.05) is 4.83 Å². The number of hydrogen-bond donors (Lipinski definition) is 0. The normalized spacial score (nSPS) is 34.8. The molecular formula is C4H6BrNO3. The van der Waals surface area contributed by atoms with Gasteiger partial charge in [-0.1, -0.05) is 15.9 Å². The predicted octanol–water partition coefficient (Wildman–Crippen LogP) is 0.773. The number of nitrogens with zero attached hydrogens (tertiary/aromatic N) is 1. The van der Waals surface area contributed by atoms with Gasteiger partial charge in [0.25, 0.3) is 0 Å². The summed E-state index contributed by atoms with van der Waals surface area (Å²) in [7, 11) is 0. The lowest BCUT2D eigenvalue weighted by Gasteiger charge is -1.96. The Morgan fingerprint density at radius 1 is 1.78 bits per heavy atom. The van der Waals surface area contributed by atoms with Crippen molar-refractivity contribution >= 4 is 15.9 Å². The molecule has 0 amide bonds. The van der Waals surface area contributed by atoms with Crippen molar-refractivity contribution < 1.29 is 9.66 Å². The number of halogens is 1. The van der Waals surface area contributed by atoms with Crippen molar-refractivity contribution in [1.82, 2.24) is 0 Å². The van der Waals surface area contributed by atoms with Gasteiger partial charge in [0.15, 0.2) is 0 Å². The maximum absolute atomic E-state index is 10.0. The van der Waals surface area contributed by atoms with Gasteiger partial charge in [-0.15, -0.1) is 0 Å². The first-order chi connectivity index (χ1) is 4.20. The minimum absolute atomic E-state index is 0.160. The quantitative estimate of drug-likeness (QED) is 0.353. The number of nitro groups is 1. The molecule has 0 spiro atoms. The summed E-state index contributed by atoms with van der Waals surface area (Å²) >= 11 is 3.22. The Kier molecular flexibility index (Phi) is 2.02. The van der Waals surface area contributed by atoms with Crippen LogP contribution in [0.4, 0.5) is 0 Å². The van der Waals surface area contributed by atoms with E-state index in [2.05, 4.69) is 15.9 Å². The molecule has 0 N–H and O–H groups in total. The average Bonchev–Trinajstić information content (AvgIpc) is 2.14. The second kappa shape index (κ2) is 2.62. The Hall–Kier alpha value is -0.160. The van der Waals surface area contributed by atoms with Gasteiger partial charge >= 0.3 is 6.23 Å². The van der Waals surface area contributed by atoms with E-state index in [4.69, 9.17) is 4.74 Å². The van der Waals surface area contributed by atoms with Gasteiger partial charge in [-0.05, 0) is 0 Å². The molecule has 9 heavy (non-hydrogen) atoms. The van der Waals surface area contributed by atoms with Crippen LogP contribution in [0.3, 0.4) is 0 Å². The molecule has 52 valence electrons. The number of ether oxygens (including phenoxy) is 1. The van der Waals surface area contributed by atoms with Crippen LogP contribution in [-0.2, 0) is 4.74 Å². The fourth-order valence-electron chi connectivity index (χ4n) is 0.717. The van der Waals surface area contributed by atoms with Crippen LogP contribution in [0.25, 0.3) is 0 Å². The van der Waals surface area contributed by atoms with E-state index in [1.165, 1.54) is 0 Å². The van der Waals surface area contributed by atoms with Crippen LogP contribution in [0.1, 0.15) is 6.42 Å². The molecule has 2 atom stereocenters. The Morgan fingerprint density at radius 2 is 2.44 bits per heavy atom. The van der Waals surface area contributed by atoms with Gasteiger partial charge in [0.05, 0.1) is 18.0 Å². The average molecular weight is 196 g/mol. The summed E-state index contributed by atoms with van der Waals surface area (Å²) in [6.07, 6.45) is -0.304. The third-order valence-corrected chi connectivity index (χ3v) is 1.80. The molecule has 1 saturated heterocycles. The van der Waals surface area contributed by atoms with Crippen LogP contribution in [0.2, 0.25) is 0 Å². The highest BCUT2D eigenvalue weighted by Gasteiger charge is 2.31. The number of alkyl halides is 1. The Bertz CT molecular complexity index is 129. The first-order valence-corrected chi connectivity index (χ1v) is 3.51. The third-order valence-electron chi connectivity index (χ3n) is 1.16. The smallest absolute Gasteiger partial charge is 0.316 e. The third kappa shape index (κ3) is 1.62. The lowest BCUT2D eigenvalue weighted by molar-refractivity contribution is -0.568. The molecule has 4 nitrogen and oxygen atoms in total. The second-order valence-electron chi connectivity index (χ2n) is 1.91. The van der Waals surface area contributed by atoms with Crippen LogP contribution in [-0.4, -0.2) is 22.6 Å². The van der Waals surface area contributed by atoms with E-state index in [0.717, 1.165) is 0 Å². The summed E-state index contributed by atoms with van der Waals surface area (Å²) in [6.45, 7) is 0.450. The molecule has 0 radical (unpaired) electrons. The summed E-state index contributed by atoms with van der Waals surface area (Å²) in [5.74, 6) is 0. The van der Waals surface area contributed by atoms with Crippen molar-refractivity contribution in [1.29, 1.82) is 0 Å². The van der Waals surface area contributed by atoms with Gasteiger partial charge in [-0.25, -0.2) is 0 Å². The van der Waals surface area contributed by atoms with Crippen LogP contribution in [0, 0.1) is 10.1 Å². The van der Waals surface area contributed by atoms with Crippen molar-refractivity contribution in [2.75, 3.05) is 6.61 Å². The van der Waals surface area contributed by atoms with E-state index >= 15 is 0 Å². The highest BCUT2D eigenvalue weighted by Crippen LogP contribution is 2.19. The molecule has 1 aliphatic rings. The molecule has 1 fully saturated rings. The molecule has 1 aliphatic heterocycles. The van der Waals surface area contributed by atoms with Crippen LogP contribution >= 0.6 is 15.9 Å². The zero-order valence-corrected chi connectivity index (χ0v) is 6.20. The van der Waals surface area contributed by atoms with Crippen molar-refractivity contribution in [3.8, 4) is 0 Å². The largest absolute Gasteiger partial charge is 0.316 e. The fraction of sp³-hybridized carbons (Fsp3) is 1.00. The highest BCUT2D eigenvalue weighted by molar-refractivity contribution is 9.09. The maximum Gasteiger partial charge on any atom is 0.316 e. The van der Waals surface area contributed by atoms with Crippen molar-refractivity contribution in [2.24, 2.45) is 0 Å². The van der Waals surface area contributed by atoms with Crippen LogP contribution in [0.15, 0.2) is 0 Å². The fourth-order valence-corrected chi connectivity index (χ4v) is 1.19. The number of rotatable bonds is 1. The van der Waals surface area contributed by atoms with Gasteiger partial charge in [-0.3, -0.25) is 10.1 Å². The second-order valence-corrected chi connectivity index (χ2v) is 3.20. The molecule has 0 bridgehead atoms. The van der Waals surface area contributed by atoms with Crippen molar-refractivity contribution in [2.45, 2.75) is 17.5 Å². The molecule has 1 heterocycles. The monoisotopic (exact) mass is 195 g/mol. The van der Waals surface area contributed by atoms with E-state index in [9.17, 15) is 10.1 Å². The van der Waals surface area contributed by atoms with Gasteiger partial charge in [-0.2, -0.15) is 0 Å². The van der Waals surface area contributed by atoms with Gasteiger partial charge < -0.3 is 4.74 Å².